The Morgan fingerprint density at radius 3 is 1.60 bits per heavy atom. The number of aromatic hydroxyl groups is 1. The van der Waals surface area contributed by atoms with Gasteiger partial charge >= 0.3 is 0 Å². The van der Waals surface area contributed by atoms with Crippen molar-refractivity contribution in [3.05, 3.63) is 169 Å². The molecule has 0 fully saturated rings. The largest absolute Gasteiger partial charge is 0.507 e. The summed E-state index contributed by atoms with van der Waals surface area (Å²) in [5, 5.41) is 22.7. The van der Waals surface area contributed by atoms with E-state index in [1.54, 1.807) is 0 Å². The number of rotatable bonds is 11. The number of phenols is 1. The summed E-state index contributed by atoms with van der Waals surface area (Å²) in [5.74, 6) is 1.78. The van der Waals surface area contributed by atoms with E-state index >= 15 is 0 Å². The van der Waals surface area contributed by atoms with Gasteiger partial charge in [0.15, 0.2) is 0 Å². The van der Waals surface area contributed by atoms with E-state index < -0.39 is 15.8 Å². The van der Waals surface area contributed by atoms with Gasteiger partial charge in [0.2, 0.25) is 0 Å². The van der Waals surface area contributed by atoms with Crippen LogP contribution in [0.25, 0.3) is 0 Å². The second kappa shape index (κ2) is 15.3. The molecule has 2 atom stereocenters. The van der Waals surface area contributed by atoms with Crippen LogP contribution in [-0.4, -0.2) is 24.8 Å². The van der Waals surface area contributed by atoms with Crippen molar-refractivity contribution in [3.63, 3.8) is 0 Å². The van der Waals surface area contributed by atoms with Crippen LogP contribution in [0.4, 0.5) is 0 Å². The molecule has 7 rings (SSSR count). The number of nitrogens with one attached hydrogen (secondary N) is 1. The van der Waals surface area contributed by atoms with Gasteiger partial charge < -0.3 is 15.2 Å². The highest BCUT2D eigenvalue weighted by Gasteiger charge is 2.33. The van der Waals surface area contributed by atoms with Crippen molar-refractivity contribution < 1.29 is 9.84 Å². The fourth-order valence-electron chi connectivity index (χ4n) is 6.89. The number of aryl methyl sites for hydroxylation is 1. The molecule has 240 valence electrons. The van der Waals surface area contributed by atoms with Crippen molar-refractivity contribution in [1.82, 2.24) is 5.32 Å². The molecule has 0 aliphatic carbocycles. The Morgan fingerprint density at radius 1 is 0.604 bits per heavy atom. The number of para-hydroxylation sites is 2. The first-order valence-electron chi connectivity index (χ1n) is 16.8. The Labute approximate surface area is 287 Å². The molecular formula is C43H41NO2P2. The molecule has 0 amide bonds. The van der Waals surface area contributed by atoms with Gasteiger partial charge in [0.05, 0.1) is 0 Å². The summed E-state index contributed by atoms with van der Waals surface area (Å²) in [5.41, 5.74) is 2.26. The Balaban J connectivity index is 1.21. The van der Waals surface area contributed by atoms with Crippen LogP contribution in [0.3, 0.4) is 0 Å². The number of ether oxygens (including phenoxy) is 1. The SMILES string of the molecule is CNCC1Cc2cccc(P(c3ccccc3)c3ccccc3)c2OC1CCc1cccc(P(c2ccccc2)c2ccccc2)c1O. The van der Waals surface area contributed by atoms with E-state index in [0.29, 0.717) is 11.7 Å². The topological polar surface area (TPSA) is 41.5 Å². The van der Waals surface area contributed by atoms with E-state index in [9.17, 15) is 5.11 Å². The quantitative estimate of drug-likeness (QED) is 0.152. The molecule has 0 saturated heterocycles. The summed E-state index contributed by atoms with van der Waals surface area (Å²) in [6.45, 7) is 0.875. The molecule has 2 N–H and O–H groups in total. The number of phenolic OH excluding ortho intramolecular Hbond substituents is 1. The highest BCUT2D eigenvalue weighted by Crippen LogP contribution is 2.42. The second-order valence-corrected chi connectivity index (χ2v) is 16.7. The third kappa shape index (κ3) is 6.96. The number of fused-ring (bicyclic) bond motifs is 1. The highest BCUT2D eigenvalue weighted by molar-refractivity contribution is 7.80. The van der Waals surface area contributed by atoms with E-state index in [-0.39, 0.29) is 6.10 Å². The molecule has 1 aliphatic rings. The van der Waals surface area contributed by atoms with Gasteiger partial charge in [-0.05, 0) is 74.5 Å². The third-order valence-electron chi connectivity index (χ3n) is 9.16. The minimum Gasteiger partial charge on any atom is -0.507 e. The summed E-state index contributed by atoms with van der Waals surface area (Å²) in [6, 6.07) is 55.9. The molecule has 1 aliphatic heterocycles. The molecule has 0 saturated carbocycles. The summed E-state index contributed by atoms with van der Waals surface area (Å²) in [6.07, 6.45) is 2.53. The molecule has 1 heterocycles. The smallest absolute Gasteiger partial charge is 0.131 e. The number of hydrogen-bond acceptors (Lipinski definition) is 3. The van der Waals surface area contributed by atoms with Crippen molar-refractivity contribution in [2.75, 3.05) is 13.6 Å². The zero-order chi connectivity index (χ0) is 32.7. The Bertz CT molecular complexity index is 1840. The number of hydrogen-bond donors (Lipinski definition) is 2. The van der Waals surface area contributed by atoms with Crippen LogP contribution in [0.5, 0.6) is 11.5 Å². The second-order valence-electron chi connectivity index (χ2n) is 12.3. The lowest BCUT2D eigenvalue weighted by Crippen LogP contribution is -2.40. The maximum Gasteiger partial charge on any atom is 0.131 e. The van der Waals surface area contributed by atoms with Crippen molar-refractivity contribution in [1.29, 1.82) is 0 Å². The zero-order valence-corrected chi connectivity index (χ0v) is 29.0. The van der Waals surface area contributed by atoms with Crippen molar-refractivity contribution in [2.24, 2.45) is 5.92 Å². The highest BCUT2D eigenvalue weighted by atomic mass is 31.1. The lowest BCUT2D eigenvalue weighted by atomic mass is 9.87. The van der Waals surface area contributed by atoms with Crippen LogP contribution in [0.15, 0.2) is 158 Å². The molecule has 5 heteroatoms. The van der Waals surface area contributed by atoms with E-state index in [2.05, 4.69) is 163 Å². The summed E-state index contributed by atoms with van der Waals surface area (Å²) in [4.78, 5) is 0. The Kier molecular flexibility index (Phi) is 10.3. The molecule has 2 unspecified atom stereocenters. The zero-order valence-electron chi connectivity index (χ0n) is 27.2. The summed E-state index contributed by atoms with van der Waals surface area (Å²) in [7, 11) is 0.328. The third-order valence-corrected chi connectivity index (χ3v) is 14.1. The van der Waals surface area contributed by atoms with E-state index in [1.807, 2.05) is 7.05 Å². The fraction of sp³-hybridized carbons (Fsp3) is 0.163. The van der Waals surface area contributed by atoms with Crippen molar-refractivity contribution in [3.8, 4) is 11.5 Å². The normalized spacial score (nSPS) is 15.6. The molecular weight excluding hydrogens is 624 g/mol. The lowest BCUT2D eigenvalue weighted by molar-refractivity contribution is 0.106. The van der Waals surface area contributed by atoms with Gasteiger partial charge in [-0.3, -0.25) is 0 Å². The predicted octanol–water partition coefficient (Wildman–Crippen LogP) is 6.68. The van der Waals surface area contributed by atoms with Crippen LogP contribution in [0, 0.1) is 5.92 Å². The van der Waals surface area contributed by atoms with Crippen LogP contribution < -0.4 is 41.9 Å². The molecule has 6 aromatic rings. The summed E-state index contributed by atoms with van der Waals surface area (Å²) < 4.78 is 7.13. The fourth-order valence-corrected chi connectivity index (χ4v) is 11.7. The predicted molar refractivity (Wildman–Crippen MR) is 206 cm³/mol. The average molecular weight is 666 g/mol. The van der Waals surface area contributed by atoms with Crippen LogP contribution in [0.1, 0.15) is 17.5 Å². The monoisotopic (exact) mass is 665 g/mol. The van der Waals surface area contributed by atoms with Crippen LogP contribution in [-0.2, 0) is 12.8 Å². The Hall–Kier alpha value is -4.26. The van der Waals surface area contributed by atoms with Gasteiger partial charge in [-0.1, -0.05) is 158 Å². The molecule has 3 nitrogen and oxygen atoms in total. The average Bonchev–Trinajstić information content (AvgIpc) is 3.14. The first-order valence-corrected chi connectivity index (χ1v) is 19.4. The minimum absolute atomic E-state index is 0.0160. The van der Waals surface area contributed by atoms with Gasteiger partial charge in [0.1, 0.15) is 17.6 Å². The molecule has 0 radical (unpaired) electrons. The van der Waals surface area contributed by atoms with Crippen molar-refractivity contribution >= 4 is 47.7 Å². The molecule has 0 bridgehead atoms. The van der Waals surface area contributed by atoms with E-state index in [0.717, 1.165) is 42.4 Å². The van der Waals surface area contributed by atoms with Crippen LogP contribution >= 0.6 is 15.8 Å². The first kappa shape index (κ1) is 32.3. The van der Waals surface area contributed by atoms with Gasteiger partial charge in [0, 0.05) is 23.1 Å². The van der Waals surface area contributed by atoms with Crippen LogP contribution in [0.2, 0.25) is 0 Å². The Morgan fingerprint density at radius 2 is 1.08 bits per heavy atom. The van der Waals surface area contributed by atoms with Gasteiger partial charge in [-0.15, -0.1) is 0 Å². The van der Waals surface area contributed by atoms with Gasteiger partial charge in [-0.25, -0.2) is 0 Å². The van der Waals surface area contributed by atoms with Crippen molar-refractivity contribution in [2.45, 2.75) is 25.4 Å². The summed E-state index contributed by atoms with van der Waals surface area (Å²) >= 11 is 0. The lowest BCUT2D eigenvalue weighted by Gasteiger charge is -2.36. The standard InChI is InChI=1S/C43H41NO2P2/c1-44-31-34-30-33-17-15-27-41(48(37-22-10-4-11-23-37)38-24-12-5-13-25-38)43(33)46-39(34)29-28-32-16-14-26-40(42(32)45)47(35-18-6-2-7-19-35)36-20-8-3-9-21-36/h2-27,34,39,44-45H,28-31H2,1H3. The van der Waals surface area contributed by atoms with E-state index in [1.165, 1.54) is 32.1 Å². The molecule has 0 aromatic heterocycles. The van der Waals surface area contributed by atoms with Gasteiger partial charge in [0.25, 0.3) is 0 Å². The molecule has 6 aromatic carbocycles. The molecule has 0 spiro atoms. The molecule has 48 heavy (non-hydrogen) atoms. The minimum atomic E-state index is -0.903. The maximum absolute atomic E-state index is 11.9. The first-order chi connectivity index (χ1) is 23.7. The van der Waals surface area contributed by atoms with E-state index in [4.69, 9.17) is 4.74 Å². The van der Waals surface area contributed by atoms with Gasteiger partial charge in [-0.2, -0.15) is 0 Å². The number of benzene rings is 6. The maximum atomic E-state index is 11.9.